The average Bonchev–Trinajstić information content (AvgIpc) is 3.75. The predicted octanol–water partition coefficient (Wildman–Crippen LogP) is 3.70. The molecule has 0 bridgehead atoms. The monoisotopic (exact) mass is 595 g/mol. The number of piperazine rings is 1. The van der Waals surface area contributed by atoms with Gasteiger partial charge in [0.25, 0.3) is 15.9 Å². The number of nitrogens with zero attached hydrogens (tertiary/aromatic N) is 6. The zero-order valence-corrected chi connectivity index (χ0v) is 24.7. The van der Waals surface area contributed by atoms with Gasteiger partial charge in [0.2, 0.25) is 0 Å². The molecule has 2 aliphatic heterocycles. The standard InChI is InChI=1S/C28H33N7O4S2/c1-19-16-23(39-32-19)24-8-9-25(40-24)41(37,38)35-14-12-33(13-15-35)17-20(2)31-27-21-6-5-7-22(26(21)29-18-30-27)28(36)34-10-3-4-11-34/h5-9,16,18,20H,3-4,10-15,17H2,1-2H3,(H,29,30,31)/t20-/m0/s1. The lowest BCUT2D eigenvalue weighted by molar-refractivity contribution is 0.0794. The number of amides is 1. The Hall–Kier alpha value is -3.39. The number of nitrogens with one attached hydrogen (secondary N) is 1. The van der Waals surface area contributed by atoms with Gasteiger partial charge in [0.05, 0.1) is 21.7 Å². The van der Waals surface area contributed by atoms with E-state index in [-0.39, 0.29) is 11.9 Å². The Morgan fingerprint density at radius 3 is 2.59 bits per heavy atom. The molecule has 4 aromatic rings. The number of likely N-dealkylation sites (tertiary alicyclic amines) is 1. The molecule has 6 rings (SSSR count). The van der Waals surface area contributed by atoms with E-state index in [4.69, 9.17) is 4.52 Å². The number of hydrogen-bond donors (Lipinski definition) is 1. The Bertz CT molecular complexity index is 1650. The first-order valence-electron chi connectivity index (χ1n) is 13.8. The van der Waals surface area contributed by atoms with Crippen LogP contribution in [0.5, 0.6) is 0 Å². The Balaban J connectivity index is 1.07. The summed E-state index contributed by atoms with van der Waals surface area (Å²) < 4.78 is 33.8. The van der Waals surface area contributed by atoms with Gasteiger partial charge in [0.15, 0.2) is 5.76 Å². The molecule has 1 aromatic carbocycles. The number of para-hydroxylation sites is 1. The molecule has 0 aliphatic carbocycles. The number of aryl methyl sites for hydroxylation is 1. The first kappa shape index (κ1) is 27.8. The van der Waals surface area contributed by atoms with Gasteiger partial charge in [-0.3, -0.25) is 9.69 Å². The summed E-state index contributed by atoms with van der Waals surface area (Å²) in [7, 11) is -3.59. The molecule has 41 heavy (non-hydrogen) atoms. The third-order valence-corrected chi connectivity index (χ3v) is 11.0. The van der Waals surface area contributed by atoms with E-state index in [1.165, 1.54) is 17.7 Å². The minimum atomic E-state index is -3.59. The molecule has 2 saturated heterocycles. The third-order valence-electron chi connectivity index (χ3n) is 7.58. The van der Waals surface area contributed by atoms with Crippen molar-refractivity contribution in [3.63, 3.8) is 0 Å². The van der Waals surface area contributed by atoms with E-state index >= 15 is 0 Å². The molecule has 0 radical (unpaired) electrons. The quantitative estimate of drug-likeness (QED) is 0.325. The van der Waals surface area contributed by atoms with Crippen LogP contribution in [0.15, 0.2) is 51.5 Å². The molecule has 2 fully saturated rings. The smallest absolute Gasteiger partial charge is 0.256 e. The van der Waals surface area contributed by atoms with Crippen LogP contribution < -0.4 is 5.32 Å². The molecule has 0 spiro atoms. The van der Waals surface area contributed by atoms with E-state index in [9.17, 15) is 13.2 Å². The fourth-order valence-corrected chi connectivity index (χ4v) is 8.31. The Morgan fingerprint density at radius 2 is 1.85 bits per heavy atom. The van der Waals surface area contributed by atoms with Crippen molar-refractivity contribution in [1.82, 2.24) is 29.2 Å². The Morgan fingerprint density at radius 1 is 1.07 bits per heavy atom. The second-order valence-electron chi connectivity index (χ2n) is 10.6. The minimum Gasteiger partial charge on any atom is -0.366 e. The molecule has 11 nitrogen and oxygen atoms in total. The maximum atomic E-state index is 13.3. The van der Waals surface area contributed by atoms with Crippen LogP contribution in [-0.2, 0) is 10.0 Å². The van der Waals surface area contributed by atoms with Gasteiger partial charge in [-0.15, -0.1) is 11.3 Å². The van der Waals surface area contributed by atoms with Crippen LogP contribution >= 0.6 is 11.3 Å². The van der Waals surface area contributed by atoms with Gasteiger partial charge in [-0.1, -0.05) is 11.2 Å². The van der Waals surface area contributed by atoms with Gasteiger partial charge >= 0.3 is 0 Å². The number of anilines is 1. The van der Waals surface area contributed by atoms with Gasteiger partial charge in [-0.25, -0.2) is 18.4 Å². The van der Waals surface area contributed by atoms with Crippen molar-refractivity contribution in [3.05, 3.63) is 54.0 Å². The van der Waals surface area contributed by atoms with Crippen LogP contribution in [0.1, 0.15) is 35.8 Å². The van der Waals surface area contributed by atoms with Crippen LogP contribution in [0.3, 0.4) is 0 Å². The summed E-state index contributed by atoms with van der Waals surface area (Å²) in [5.41, 5.74) is 2.01. The van der Waals surface area contributed by atoms with Crippen LogP contribution in [-0.4, -0.2) is 95.4 Å². The lowest BCUT2D eigenvalue weighted by Gasteiger charge is -2.35. The average molecular weight is 596 g/mol. The van der Waals surface area contributed by atoms with Gasteiger partial charge in [0.1, 0.15) is 16.4 Å². The molecule has 13 heteroatoms. The topological polar surface area (TPSA) is 125 Å². The molecule has 216 valence electrons. The second kappa shape index (κ2) is 11.5. The molecule has 5 heterocycles. The molecule has 1 N–H and O–H groups in total. The van der Waals surface area contributed by atoms with Crippen molar-refractivity contribution in [2.24, 2.45) is 0 Å². The summed E-state index contributed by atoms with van der Waals surface area (Å²) >= 11 is 1.20. The van der Waals surface area contributed by atoms with E-state index in [1.54, 1.807) is 22.5 Å². The van der Waals surface area contributed by atoms with E-state index < -0.39 is 10.0 Å². The fourth-order valence-electron chi connectivity index (χ4n) is 5.48. The van der Waals surface area contributed by atoms with Crippen molar-refractivity contribution in [3.8, 4) is 10.6 Å². The number of thiophene rings is 1. The molecule has 2 aliphatic rings. The SMILES string of the molecule is Cc1cc(-c2ccc(S(=O)(=O)N3CCN(C[C@H](C)Nc4ncnc5c(C(=O)N6CCCC6)cccc45)CC3)s2)on1. The van der Waals surface area contributed by atoms with Gasteiger partial charge in [0, 0.05) is 63.3 Å². The Kier molecular flexibility index (Phi) is 7.77. The lowest BCUT2D eigenvalue weighted by atomic mass is 10.1. The largest absolute Gasteiger partial charge is 0.366 e. The highest BCUT2D eigenvalue weighted by Crippen LogP contribution is 2.33. The van der Waals surface area contributed by atoms with Gasteiger partial charge < -0.3 is 14.7 Å². The van der Waals surface area contributed by atoms with Crippen molar-refractivity contribution in [1.29, 1.82) is 0 Å². The van der Waals surface area contributed by atoms with Crippen molar-refractivity contribution < 1.29 is 17.7 Å². The van der Waals surface area contributed by atoms with Crippen LogP contribution in [0, 0.1) is 6.92 Å². The summed E-state index contributed by atoms with van der Waals surface area (Å²) in [6.07, 6.45) is 3.57. The maximum Gasteiger partial charge on any atom is 0.256 e. The number of sulfonamides is 1. The maximum absolute atomic E-state index is 13.3. The number of carbonyl (C=O) groups excluding carboxylic acids is 1. The highest BCUT2D eigenvalue weighted by atomic mass is 32.2. The van der Waals surface area contributed by atoms with Crippen molar-refractivity contribution in [2.45, 2.75) is 36.9 Å². The summed E-state index contributed by atoms with van der Waals surface area (Å²) in [4.78, 5) is 26.9. The predicted molar refractivity (Wildman–Crippen MR) is 158 cm³/mol. The van der Waals surface area contributed by atoms with Crippen LogP contribution in [0.4, 0.5) is 5.82 Å². The molecule has 1 amide bonds. The second-order valence-corrected chi connectivity index (χ2v) is 13.9. The number of hydrogen-bond acceptors (Lipinski definition) is 10. The summed E-state index contributed by atoms with van der Waals surface area (Å²) in [6.45, 7) is 8.30. The van der Waals surface area contributed by atoms with Gasteiger partial charge in [-0.2, -0.15) is 4.31 Å². The summed E-state index contributed by atoms with van der Waals surface area (Å²) in [6, 6.07) is 10.9. The third kappa shape index (κ3) is 5.71. The minimum absolute atomic E-state index is 0.0189. The van der Waals surface area contributed by atoms with E-state index in [0.717, 1.165) is 48.4 Å². The van der Waals surface area contributed by atoms with Crippen molar-refractivity contribution in [2.75, 3.05) is 51.1 Å². The molecular weight excluding hydrogens is 562 g/mol. The number of carbonyl (C=O) groups is 1. The van der Waals surface area contributed by atoms with Crippen LogP contribution in [0.2, 0.25) is 0 Å². The zero-order chi connectivity index (χ0) is 28.6. The fraction of sp³-hybridized carbons (Fsp3) is 0.429. The number of aromatic nitrogens is 3. The first-order valence-corrected chi connectivity index (χ1v) is 16.1. The highest BCUT2D eigenvalue weighted by molar-refractivity contribution is 7.91. The number of rotatable bonds is 8. The van der Waals surface area contributed by atoms with E-state index in [0.29, 0.717) is 53.0 Å². The molecule has 0 unspecified atom stereocenters. The van der Waals surface area contributed by atoms with E-state index in [2.05, 4.69) is 32.3 Å². The molecule has 0 saturated carbocycles. The van der Waals surface area contributed by atoms with Crippen LogP contribution in [0.25, 0.3) is 21.5 Å². The van der Waals surface area contributed by atoms with E-state index in [1.807, 2.05) is 30.0 Å². The van der Waals surface area contributed by atoms with Gasteiger partial charge in [-0.05, 0) is 51.0 Å². The summed E-state index contributed by atoms with van der Waals surface area (Å²) in [5, 5.41) is 8.20. The molecule has 3 aromatic heterocycles. The Labute approximate surface area is 243 Å². The normalized spacial score (nSPS) is 17.8. The molecule has 1 atom stereocenters. The number of fused-ring (bicyclic) bond motifs is 1. The lowest BCUT2D eigenvalue weighted by Crippen LogP contribution is -2.50. The highest BCUT2D eigenvalue weighted by Gasteiger charge is 2.31. The van der Waals surface area contributed by atoms with Crippen molar-refractivity contribution >= 4 is 44.0 Å². The number of benzene rings is 1. The first-order chi connectivity index (χ1) is 19.8. The zero-order valence-electron chi connectivity index (χ0n) is 23.1. The molecular formula is C28H33N7O4S2. The summed E-state index contributed by atoms with van der Waals surface area (Å²) in [5.74, 6) is 1.28.